The van der Waals surface area contributed by atoms with Gasteiger partial charge in [-0.1, -0.05) is 24.3 Å². The lowest BCUT2D eigenvalue weighted by molar-refractivity contribution is 0.0341. The zero-order chi connectivity index (χ0) is 17.5. The second-order valence-corrected chi connectivity index (χ2v) is 6.99. The van der Waals surface area contributed by atoms with E-state index in [1.165, 1.54) is 5.56 Å². The molecule has 0 bridgehead atoms. The van der Waals surface area contributed by atoms with Crippen molar-refractivity contribution in [3.63, 3.8) is 0 Å². The van der Waals surface area contributed by atoms with Gasteiger partial charge in [0.2, 0.25) is 0 Å². The summed E-state index contributed by atoms with van der Waals surface area (Å²) in [5.41, 5.74) is 2.41. The number of aliphatic hydroxyl groups excluding tert-OH is 1. The molecule has 1 saturated heterocycles. The predicted molar refractivity (Wildman–Crippen MR) is 96.2 cm³/mol. The summed E-state index contributed by atoms with van der Waals surface area (Å²) in [7, 11) is 0. The molecule has 138 valence electrons. The van der Waals surface area contributed by atoms with E-state index in [1.54, 1.807) is 0 Å². The lowest BCUT2D eigenvalue weighted by Gasteiger charge is -2.28. The van der Waals surface area contributed by atoms with Crippen LogP contribution in [0, 0.1) is 0 Å². The Bertz CT molecular complexity index is 553. The summed E-state index contributed by atoms with van der Waals surface area (Å²) in [6, 6.07) is 8.32. The quantitative estimate of drug-likeness (QED) is 0.757. The fourth-order valence-electron chi connectivity index (χ4n) is 3.52. The highest BCUT2D eigenvalue weighted by molar-refractivity contribution is 5.74. The molecule has 3 rings (SSSR count). The van der Waals surface area contributed by atoms with Crippen LogP contribution in [0.2, 0.25) is 0 Å². The zero-order valence-electron chi connectivity index (χ0n) is 14.7. The maximum atomic E-state index is 12.2. The molecule has 1 saturated carbocycles. The Hall–Kier alpha value is -1.63. The van der Waals surface area contributed by atoms with Crippen LogP contribution < -0.4 is 10.6 Å². The van der Waals surface area contributed by atoms with Gasteiger partial charge in [0.15, 0.2) is 0 Å². The average Bonchev–Trinajstić information content (AvgIpc) is 2.64. The molecular formula is C19H29N3O3. The maximum absolute atomic E-state index is 12.2. The van der Waals surface area contributed by atoms with Crippen LogP contribution in [0.5, 0.6) is 0 Å². The summed E-state index contributed by atoms with van der Waals surface area (Å²) in [4.78, 5) is 14.5. The van der Waals surface area contributed by atoms with Gasteiger partial charge in [-0.05, 0) is 36.8 Å². The van der Waals surface area contributed by atoms with Crippen molar-refractivity contribution in [3.8, 4) is 0 Å². The van der Waals surface area contributed by atoms with Crippen LogP contribution in [0.3, 0.4) is 0 Å². The van der Waals surface area contributed by atoms with E-state index < -0.39 is 0 Å². The van der Waals surface area contributed by atoms with E-state index in [0.29, 0.717) is 6.54 Å². The van der Waals surface area contributed by atoms with Gasteiger partial charge < -0.3 is 20.5 Å². The van der Waals surface area contributed by atoms with Crippen LogP contribution in [0.1, 0.15) is 36.8 Å². The molecule has 1 heterocycles. The molecule has 0 atom stereocenters. The molecule has 25 heavy (non-hydrogen) atoms. The molecule has 6 nitrogen and oxygen atoms in total. The van der Waals surface area contributed by atoms with E-state index in [2.05, 4.69) is 27.7 Å². The van der Waals surface area contributed by atoms with E-state index in [1.807, 2.05) is 12.1 Å². The molecular weight excluding hydrogens is 318 g/mol. The minimum Gasteiger partial charge on any atom is -0.393 e. The van der Waals surface area contributed by atoms with Gasteiger partial charge in [0.1, 0.15) is 0 Å². The number of ether oxygens (including phenoxy) is 1. The number of morpholine rings is 1. The van der Waals surface area contributed by atoms with E-state index in [4.69, 9.17) is 4.74 Å². The number of nitrogens with zero attached hydrogens (tertiary/aromatic N) is 1. The van der Waals surface area contributed by atoms with Gasteiger partial charge in [-0.3, -0.25) is 4.90 Å². The summed E-state index contributed by atoms with van der Waals surface area (Å²) in [6.45, 7) is 4.91. The van der Waals surface area contributed by atoms with Crippen LogP contribution in [0.25, 0.3) is 0 Å². The fourth-order valence-corrected chi connectivity index (χ4v) is 3.52. The van der Waals surface area contributed by atoms with Crippen molar-refractivity contribution in [2.75, 3.05) is 26.3 Å². The second-order valence-electron chi connectivity index (χ2n) is 6.99. The molecule has 0 aromatic heterocycles. The van der Waals surface area contributed by atoms with Crippen LogP contribution in [0.15, 0.2) is 24.3 Å². The Labute approximate surface area is 149 Å². The van der Waals surface area contributed by atoms with Crippen molar-refractivity contribution in [1.82, 2.24) is 15.5 Å². The van der Waals surface area contributed by atoms with E-state index in [-0.39, 0.29) is 18.2 Å². The Kier molecular flexibility index (Phi) is 6.67. The standard InChI is InChI=1S/C19H29N3O3/c23-18-7-5-17(6-8-18)21-19(24)20-13-15-3-1-2-4-16(15)14-22-9-11-25-12-10-22/h1-4,17-18,23H,5-14H2,(H2,20,21,24). The highest BCUT2D eigenvalue weighted by Gasteiger charge is 2.20. The molecule has 1 aliphatic carbocycles. The molecule has 1 aromatic carbocycles. The average molecular weight is 347 g/mol. The van der Waals surface area contributed by atoms with Crippen LogP contribution in [-0.4, -0.2) is 54.5 Å². The third-order valence-corrected chi connectivity index (χ3v) is 5.09. The number of benzene rings is 1. The highest BCUT2D eigenvalue weighted by Crippen LogP contribution is 2.18. The smallest absolute Gasteiger partial charge is 0.315 e. The summed E-state index contributed by atoms with van der Waals surface area (Å²) in [6.07, 6.45) is 3.04. The number of aliphatic hydroxyl groups is 1. The fraction of sp³-hybridized carbons (Fsp3) is 0.632. The Morgan fingerprint density at radius 2 is 1.80 bits per heavy atom. The predicted octanol–water partition coefficient (Wildman–Crippen LogP) is 1.62. The van der Waals surface area contributed by atoms with E-state index in [0.717, 1.165) is 64.1 Å². The molecule has 2 amide bonds. The van der Waals surface area contributed by atoms with Gasteiger partial charge in [0.25, 0.3) is 0 Å². The van der Waals surface area contributed by atoms with Crippen molar-refractivity contribution in [2.24, 2.45) is 0 Å². The Balaban J connectivity index is 1.48. The normalized spacial score (nSPS) is 24.7. The molecule has 3 N–H and O–H groups in total. The topological polar surface area (TPSA) is 73.8 Å². The largest absolute Gasteiger partial charge is 0.393 e. The number of hydrogen-bond donors (Lipinski definition) is 3. The number of urea groups is 1. The van der Waals surface area contributed by atoms with Gasteiger partial charge >= 0.3 is 6.03 Å². The van der Waals surface area contributed by atoms with Gasteiger partial charge in [-0.2, -0.15) is 0 Å². The SMILES string of the molecule is O=C(NCc1ccccc1CN1CCOCC1)NC1CCC(O)CC1. The molecule has 1 aliphatic heterocycles. The zero-order valence-corrected chi connectivity index (χ0v) is 14.7. The first kappa shape index (κ1) is 18.2. The van der Waals surface area contributed by atoms with Gasteiger partial charge in [-0.15, -0.1) is 0 Å². The number of carbonyl (C=O) groups excluding carboxylic acids is 1. The van der Waals surface area contributed by atoms with Crippen molar-refractivity contribution in [1.29, 1.82) is 0 Å². The number of amides is 2. The summed E-state index contributed by atoms with van der Waals surface area (Å²) >= 11 is 0. The number of rotatable bonds is 5. The molecule has 0 radical (unpaired) electrons. The van der Waals surface area contributed by atoms with Crippen LogP contribution >= 0.6 is 0 Å². The second kappa shape index (κ2) is 9.17. The monoisotopic (exact) mass is 347 g/mol. The Morgan fingerprint density at radius 1 is 1.12 bits per heavy atom. The first-order valence-electron chi connectivity index (χ1n) is 9.30. The molecule has 6 heteroatoms. The third-order valence-electron chi connectivity index (χ3n) is 5.09. The molecule has 1 aromatic rings. The molecule has 0 unspecified atom stereocenters. The lowest BCUT2D eigenvalue weighted by Crippen LogP contribution is -2.44. The third kappa shape index (κ3) is 5.70. The summed E-state index contributed by atoms with van der Waals surface area (Å²) in [5.74, 6) is 0. The minimum atomic E-state index is -0.201. The van der Waals surface area contributed by atoms with E-state index >= 15 is 0 Å². The number of hydrogen-bond acceptors (Lipinski definition) is 4. The van der Waals surface area contributed by atoms with Crippen molar-refractivity contribution >= 4 is 6.03 Å². The highest BCUT2D eigenvalue weighted by atomic mass is 16.5. The first-order valence-corrected chi connectivity index (χ1v) is 9.30. The van der Waals surface area contributed by atoms with Crippen molar-refractivity contribution in [2.45, 2.75) is 50.9 Å². The van der Waals surface area contributed by atoms with Gasteiger partial charge in [0, 0.05) is 32.2 Å². The maximum Gasteiger partial charge on any atom is 0.315 e. The van der Waals surface area contributed by atoms with Crippen LogP contribution in [0.4, 0.5) is 4.79 Å². The molecule has 0 spiro atoms. The van der Waals surface area contributed by atoms with Crippen molar-refractivity contribution in [3.05, 3.63) is 35.4 Å². The number of carbonyl (C=O) groups is 1. The van der Waals surface area contributed by atoms with Gasteiger partial charge in [0.05, 0.1) is 19.3 Å². The van der Waals surface area contributed by atoms with Crippen LogP contribution in [-0.2, 0) is 17.8 Å². The van der Waals surface area contributed by atoms with Gasteiger partial charge in [-0.25, -0.2) is 4.79 Å². The minimum absolute atomic E-state index is 0.123. The molecule has 2 fully saturated rings. The van der Waals surface area contributed by atoms with E-state index in [9.17, 15) is 9.90 Å². The summed E-state index contributed by atoms with van der Waals surface area (Å²) < 4.78 is 5.40. The Morgan fingerprint density at radius 3 is 2.52 bits per heavy atom. The molecule has 2 aliphatic rings. The number of nitrogens with one attached hydrogen (secondary N) is 2. The first-order chi connectivity index (χ1) is 12.2. The summed E-state index contributed by atoms with van der Waals surface area (Å²) in [5, 5.41) is 15.5. The lowest BCUT2D eigenvalue weighted by atomic mass is 9.93. The van der Waals surface area contributed by atoms with Crippen molar-refractivity contribution < 1.29 is 14.6 Å².